The molecule has 1 N–H and O–H groups in total. The van der Waals surface area contributed by atoms with Crippen LogP contribution in [0.1, 0.15) is 62.6 Å². The maximum Gasteiger partial charge on any atom is 0.227 e. The molecule has 0 atom stereocenters. The number of nitrogens with one attached hydrogen (secondary N) is 1. The lowest BCUT2D eigenvalue weighted by molar-refractivity contribution is -0.121. The molecule has 6 nitrogen and oxygen atoms in total. The van der Waals surface area contributed by atoms with Gasteiger partial charge in [-0.15, -0.1) is 0 Å². The summed E-state index contributed by atoms with van der Waals surface area (Å²) in [4.78, 5) is 19.1. The molecule has 1 aromatic heterocycles. The second kappa shape index (κ2) is 11.6. The third-order valence-corrected chi connectivity index (χ3v) is 5.68. The summed E-state index contributed by atoms with van der Waals surface area (Å²) in [5.41, 5.74) is 4.56. The summed E-state index contributed by atoms with van der Waals surface area (Å²) in [5.74, 6) is 1.48. The van der Waals surface area contributed by atoms with Crippen LogP contribution in [0.2, 0.25) is 0 Å². The van der Waals surface area contributed by atoms with Gasteiger partial charge in [0.25, 0.3) is 0 Å². The number of aryl methyl sites for hydroxylation is 1. The van der Waals surface area contributed by atoms with Crippen LogP contribution in [0.4, 0.5) is 0 Å². The highest BCUT2D eigenvalue weighted by molar-refractivity contribution is 5.76. The Morgan fingerprint density at radius 1 is 1.00 bits per heavy atom. The van der Waals surface area contributed by atoms with Crippen molar-refractivity contribution in [2.45, 2.75) is 59.5 Å². The summed E-state index contributed by atoms with van der Waals surface area (Å²) < 4.78 is 5.33. The van der Waals surface area contributed by atoms with E-state index in [9.17, 15) is 4.79 Å². The van der Waals surface area contributed by atoms with Crippen LogP contribution in [0.15, 0.2) is 53.1 Å². The predicted octanol–water partition coefficient (Wildman–Crippen LogP) is 4.95. The van der Waals surface area contributed by atoms with Gasteiger partial charge in [-0.1, -0.05) is 81.4 Å². The molecule has 170 valence electrons. The Morgan fingerprint density at radius 3 is 2.28 bits per heavy atom. The SMILES string of the molecule is CCN(CC)Cc1ccc(CNC(=O)CCc2nc(-c3ccc(C(C)C)cc3)no2)cc1. The molecule has 6 heteroatoms. The summed E-state index contributed by atoms with van der Waals surface area (Å²) in [5, 5.41) is 7.02. The maximum atomic E-state index is 12.3. The van der Waals surface area contributed by atoms with E-state index in [1.54, 1.807) is 0 Å². The first-order valence-electron chi connectivity index (χ1n) is 11.5. The van der Waals surface area contributed by atoms with Crippen molar-refractivity contribution in [2.75, 3.05) is 13.1 Å². The molecule has 1 amide bonds. The number of rotatable bonds is 11. The second-order valence-electron chi connectivity index (χ2n) is 8.34. The highest BCUT2D eigenvalue weighted by Gasteiger charge is 2.11. The molecular weight excluding hydrogens is 400 g/mol. The van der Waals surface area contributed by atoms with Gasteiger partial charge in [0.15, 0.2) is 0 Å². The van der Waals surface area contributed by atoms with E-state index in [4.69, 9.17) is 4.52 Å². The molecule has 1 heterocycles. The van der Waals surface area contributed by atoms with Gasteiger partial charge < -0.3 is 9.84 Å². The van der Waals surface area contributed by atoms with Crippen molar-refractivity contribution in [1.29, 1.82) is 0 Å². The molecule has 0 spiro atoms. The number of carbonyl (C=O) groups excluding carboxylic acids is 1. The summed E-state index contributed by atoms with van der Waals surface area (Å²) >= 11 is 0. The van der Waals surface area contributed by atoms with Gasteiger partial charge in [-0.05, 0) is 35.7 Å². The molecule has 2 aromatic carbocycles. The van der Waals surface area contributed by atoms with Crippen LogP contribution in [0.25, 0.3) is 11.4 Å². The van der Waals surface area contributed by atoms with Crippen molar-refractivity contribution < 1.29 is 9.32 Å². The molecule has 0 saturated heterocycles. The third-order valence-electron chi connectivity index (χ3n) is 5.68. The summed E-state index contributed by atoms with van der Waals surface area (Å²) in [6, 6.07) is 16.6. The summed E-state index contributed by atoms with van der Waals surface area (Å²) in [7, 11) is 0. The van der Waals surface area contributed by atoms with Gasteiger partial charge in [-0.3, -0.25) is 9.69 Å². The second-order valence-corrected chi connectivity index (χ2v) is 8.34. The minimum atomic E-state index is -0.0294. The standard InChI is InChI=1S/C26H34N4O2/c1-5-30(6-2)18-21-9-7-20(8-10-21)17-27-24(31)15-16-25-28-26(29-32-25)23-13-11-22(12-14-23)19(3)4/h7-14,19H,5-6,15-18H2,1-4H3,(H,27,31). The Labute approximate surface area is 191 Å². The van der Waals surface area contributed by atoms with Crippen molar-refractivity contribution >= 4 is 5.91 Å². The van der Waals surface area contributed by atoms with E-state index in [1.807, 2.05) is 12.1 Å². The fourth-order valence-corrected chi connectivity index (χ4v) is 3.47. The monoisotopic (exact) mass is 434 g/mol. The first-order valence-corrected chi connectivity index (χ1v) is 11.5. The Morgan fingerprint density at radius 2 is 1.66 bits per heavy atom. The normalized spacial score (nSPS) is 11.3. The Bertz CT molecular complexity index is 974. The molecule has 0 unspecified atom stereocenters. The van der Waals surface area contributed by atoms with Crippen LogP contribution >= 0.6 is 0 Å². The maximum absolute atomic E-state index is 12.3. The van der Waals surface area contributed by atoms with Crippen LogP contribution in [0, 0.1) is 0 Å². The largest absolute Gasteiger partial charge is 0.352 e. The van der Waals surface area contributed by atoms with E-state index < -0.39 is 0 Å². The highest BCUT2D eigenvalue weighted by atomic mass is 16.5. The fraction of sp³-hybridized carbons (Fsp3) is 0.423. The smallest absolute Gasteiger partial charge is 0.227 e. The van der Waals surface area contributed by atoms with Gasteiger partial charge in [-0.2, -0.15) is 4.98 Å². The number of nitrogens with zero attached hydrogens (tertiary/aromatic N) is 3. The van der Waals surface area contributed by atoms with Gasteiger partial charge in [0, 0.05) is 31.5 Å². The first-order chi connectivity index (χ1) is 15.5. The molecule has 0 fully saturated rings. The number of aromatic nitrogens is 2. The van der Waals surface area contributed by atoms with E-state index in [0.29, 0.717) is 37.0 Å². The van der Waals surface area contributed by atoms with E-state index in [-0.39, 0.29) is 5.91 Å². The lowest BCUT2D eigenvalue weighted by Gasteiger charge is -2.18. The van der Waals surface area contributed by atoms with Crippen LogP contribution in [0.5, 0.6) is 0 Å². The molecule has 32 heavy (non-hydrogen) atoms. The van der Waals surface area contributed by atoms with Crippen LogP contribution < -0.4 is 5.32 Å². The zero-order valence-corrected chi connectivity index (χ0v) is 19.6. The van der Waals surface area contributed by atoms with E-state index in [2.05, 4.69) is 84.5 Å². The molecule has 0 aliphatic rings. The minimum Gasteiger partial charge on any atom is -0.352 e. The number of amides is 1. The molecule has 0 bridgehead atoms. The quantitative estimate of drug-likeness (QED) is 0.462. The highest BCUT2D eigenvalue weighted by Crippen LogP contribution is 2.20. The van der Waals surface area contributed by atoms with Gasteiger partial charge in [-0.25, -0.2) is 0 Å². The molecular formula is C26H34N4O2. The van der Waals surface area contributed by atoms with Crippen molar-refractivity contribution in [3.8, 4) is 11.4 Å². The lowest BCUT2D eigenvalue weighted by atomic mass is 10.0. The Hall–Kier alpha value is -2.99. The molecule has 0 radical (unpaired) electrons. The summed E-state index contributed by atoms with van der Waals surface area (Å²) in [6.45, 7) is 12.2. The molecule has 0 saturated carbocycles. The Kier molecular flexibility index (Phi) is 8.56. The molecule has 0 aliphatic carbocycles. The van der Waals surface area contributed by atoms with Crippen molar-refractivity contribution in [2.24, 2.45) is 0 Å². The van der Waals surface area contributed by atoms with Gasteiger partial charge >= 0.3 is 0 Å². The topological polar surface area (TPSA) is 71.3 Å². The van der Waals surface area contributed by atoms with Gasteiger partial charge in [0.1, 0.15) is 0 Å². The lowest BCUT2D eigenvalue weighted by Crippen LogP contribution is -2.23. The number of hydrogen-bond acceptors (Lipinski definition) is 5. The van der Waals surface area contributed by atoms with Crippen LogP contribution in [0.3, 0.4) is 0 Å². The van der Waals surface area contributed by atoms with E-state index >= 15 is 0 Å². The van der Waals surface area contributed by atoms with E-state index in [0.717, 1.165) is 30.8 Å². The van der Waals surface area contributed by atoms with Crippen molar-refractivity contribution in [3.05, 3.63) is 71.1 Å². The zero-order valence-electron chi connectivity index (χ0n) is 19.6. The predicted molar refractivity (Wildman–Crippen MR) is 127 cm³/mol. The van der Waals surface area contributed by atoms with Gasteiger partial charge in [0.2, 0.25) is 17.6 Å². The molecule has 0 aliphatic heterocycles. The summed E-state index contributed by atoms with van der Waals surface area (Å²) in [6.07, 6.45) is 0.736. The van der Waals surface area contributed by atoms with Crippen LogP contribution in [-0.4, -0.2) is 34.0 Å². The van der Waals surface area contributed by atoms with E-state index in [1.165, 1.54) is 11.1 Å². The molecule has 3 aromatic rings. The average molecular weight is 435 g/mol. The molecule has 3 rings (SSSR count). The number of hydrogen-bond donors (Lipinski definition) is 1. The number of carbonyl (C=O) groups is 1. The fourth-order valence-electron chi connectivity index (χ4n) is 3.47. The zero-order chi connectivity index (χ0) is 22.9. The van der Waals surface area contributed by atoms with Gasteiger partial charge in [0.05, 0.1) is 0 Å². The van der Waals surface area contributed by atoms with Crippen molar-refractivity contribution in [3.63, 3.8) is 0 Å². The number of benzene rings is 2. The van der Waals surface area contributed by atoms with Crippen LogP contribution in [-0.2, 0) is 24.3 Å². The first kappa shape index (κ1) is 23.7. The van der Waals surface area contributed by atoms with Crippen molar-refractivity contribution in [1.82, 2.24) is 20.4 Å². The third kappa shape index (κ3) is 6.76. The average Bonchev–Trinajstić information content (AvgIpc) is 3.29. The Balaban J connectivity index is 1.44. The minimum absolute atomic E-state index is 0.0294.